The van der Waals surface area contributed by atoms with Crippen molar-refractivity contribution in [3.63, 3.8) is 0 Å². The summed E-state index contributed by atoms with van der Waals surface area (Å²) in [5.74, 6) is 0.905. The minimum Gasteiger partial charge on any atom is -0.389 e. The highest BCUT2D eigenvalue weighted by molar-refractivity contribution is 4.79. The smallest absolute Gasteiger partial charge is 0.0718 e. The van der Waals surface area contributed by atoms with Gasteiger partial charge in [-0.1, -0.05) is 6.42 Å². The van der Waals surface area contributed by atoms with Gasteiger partial charge in [0.1, 0.15) is 0 Å². The molecule has 1 N–H and O–H groups in total. The highest BCUT2D eigenvalue weighted by atomic mass is 16.3. The van der Waals surface area contributed by atoms with Crippen molar-refractivity contribution < 1.29 is 5.11 Å². The number of piperidine rings is 2. The maximum Gasteiger partial charge on any atom is 0.0718 e. The molecule has 0 amide bonds. The van der Waals surface area contributed by atoms with Crippen molar-refractivity contribution in [2.45, 2.75) is 70.9 Å². The molecule has 2 rings (SSSR count). The van der Waals surface area contributed by atoms with Crippen LogP contribution in [0.4, 0.5) is 0 Å². The maximum atomic E-state index is 9.89. The third kappa shape index (κ3) is 5.34. The van der Waals surface area contributed by atoms with Crippen LogP contribution in [0.1, 0.15) is 59.3 Å². The van der Waals surface area contributed by atoms with Gasteiger partial charge in [0.25, 0.3) is 0 Å². The monoisotopic (exact) mass is 282 g/mol. The Labute approximate surface area is 125 Å². The molecule has 0 radical (unpaired) electrons. The van der Waals surface area contributed by atoms with Gasteiger partial charge in [0, 0.05) is 12.6 Å². The van der Waals surface area contributed by atoms with Crippen LogP contribution in [-0.2, 0) is 0 Å². The van der Waals surface area contributed by atoms with Crippen LogP contribution in [-0.4, -0.2) is 59.3 Å². The first-order chi connectivity index (χ1) is 9.44. The molecule has 2 saturated heterocycles. The third-order valence-corrected chi connectivity index (χ3v) is 5.08. The molecule has 0 spiro atoms. The van der Waals surface area contributed by atoms with Crippen LogP contribution in [0.15, 0.2) is 0 Å². The number of hydrogen-bond donors (Lipinski definition) is 1. The van der Waals surface area contributed by atoms with Gasteiger partial charge in [0.15, 0.2) is 0 Å². The molecule has 2 heterocycles. The second-order valence-electron chi connectivity index (χ2n) is 7.70. The Balaban J connectivity index is 1.64. The summed E-state index contributed by atoms with van der Waals surface area (Å²) in [4.78, 5) is 5.13. The van der Waals surface area contributed by atoms with E-state index < -0.39 is 5.60 Å². The van der Waals surface area contributed by atoms with E-state index in [0.717, 1.165) is 18.5 Å². The lowest BCUT2D eigenvalue weighted by atomic mass is 9.92. The first-order valence-corrected chi connectivity index (χ1v) is 8.63. The zero-order chi connectivity index (χ0) is 14.6. The predicted molar refractivity (Wildman–Crippen MR) is 85.0 cm³/mol. The molecule has 3 heteroatoms. The van der Waals surface area contributed by atoms with Gasteiger partial charge in [-0.2, -0.15) is 0 Å². The van der Waals surface area contributed by atoms with Gasteiger partial charge in [-0.05, 0) is 85.0 Å². The Bertz CT molecular complexity index is 279. The summed E-state index contributed by atoms with van der Waals surface area (Å²) in [6.45, 7) is 12.0. The van der Waals surface area contributed by atoms with Crippen LogP contribution in [0, 0.1) is 5.92 Å². The van der Waals surface area contributed by atoms with Crippen molar-refractivity contribution in [1.82, 2.24) is 9.80 Å². The third-order valence-electron chi connectivity index (χ3n) is 5.08. The van der Waals surface area contributed by atoms with E-state index in [9.17, 15) is 5.11 Å². The van der Waals surface area contributed by atoms with Crippen LogP contribution in [0.3, 0.4) is 0 Å². The predicted octanol–water partition coefficient (Wildman–Crippen LogP) is 2.73. The first kappa shape index (κ1) is 16.3. The summed E-state index contributed by atoms with van der Waals surface area (Å²) < 4.78 is 0. The molecule has 2 aliphatic rings. The topological polar surface area (TPSA) is 26.7 Å². The molecule has 3 nitrogen and oxygen atoms in total. The Morgan fingerprint density at radius 2 is 1.75 bits per heavy atom. The number of hydrogen-bond acceptors (Lipinski definition) is 3. The number of rotatable bonds is 5. The van der Waals surface area contributed by atoms with Crippen LogP contribution < -0.4 is 0 Å². The van der Waals surface area contributed by atoms with Gasteiger partial charge < -0.3 is 14.9 Å². The summed E-state index contributed by atoms with van der Waals surface area (Å²) in [5.41, 5.74) is -0.546. The highest BCUT2D eigenvalue weighted by Crippen LogP contribution is 2.24. The summed E-state index contributed by atoms with van der Waals surface area (Å²) in [7, 11) is 0. The molecule has 0 aromatic carbocycles. The van der Waals surface area contributed by atoms with Gasteiger partial charge in [0.2, 0.25) is 0 Å². The van der Waals surface area contributed by atoms with E-state index in [2.05, 4.69) is 16.7 Å². The fraction of sp³-hybridized carbons (Fsp3) is 1.00. The fourth-order valence-electron chi connectivity index (χ4n) is 3.82. The van der Waals surface area contributed by atoms with E-state index in [1.807, 2.05) is 13.8 Å². The Hall–Kier alpha value is -0.120. The summed E-state index contributed by atoms with van der Waals surface area (Å²) in [6, 6.07) is 0.805. The molecule has 2 aliphatic heterocycles. The van der Waals surface area contributed by atoms with Gasteiger partial charge in [-0.15, -0.1) is 0 Å². The molecule has 20 heavy (non-hydrogen) atoms. The van der Waals surface area contributed by atoms with Crippen molar-refractivity contribution in [1.29, 1.82) is 0 Å². The number of aliphatic hydroxyl groups is 1. The zero-order valence-corrected chi connectivity index (χ0v) is 13.8. The van der Waals surface area contributed by atoms with E-state index in [1.165, 1.54) is 64.7 Å². The van der Waals surface area contributed by atoms with Crippen LogP contribution >= 0.6 is 0 Å². The van der Waals surface area contributed by atoms with E-state index in [1.54, 1.807) is 0 Å². The highest BCUT2D eigenvalue weighted by Gasteiger charge is 2.25. The summed E-state index contributed by atoms with van der Waals surface area (Å²) in [6.07, 6.45) is 8.22. The molecule has 2 fully saturated rings. The van der Waals surface area contributed by atoms with E-state index in [4.69, 9.17) is 0 Å². The van der Waals surface area contributed by atoms with Crippen molar-refractivity contribution in [3.8, 4) is 0 Å². The van der Waals surface area contributed by atoms with Crippen LogP contribution in [0.2, 0.25) is 0 Å². The minimum atomic E-state index is -0.546. The average Bonchev–Trinajstić information content (AvgIpc) is 2.38. The van der Waals surface area contributed by atoms with E-state index in [0.29, 0.717) is 0 Å². The second kappa shape index (κ2) is 7.24. The summed E-state index contributed by atoms with van der Waals surface area (Å²) in [5, 5.41) is 9.89. The van der Waals surface area contributed by atoms with Crippen molar-refractivity contribution >= 4 is 0 Å². The minimum absolute atomic E-state index is 0.546. The lowest BCUT2D eigenvalue weighted by molar-refractivity contribution is 0.0227. The molecule has 0 aliphatic carbocycles. The molecular weight excluding hydrogens is 248 g/mol. The molecule has 0 aromatic rings. The van der Waals surface area contributed by atoms with Gasteiger partial charge in [-0.25, -0.2) is 0 Å². The van der Waals surface area contributed by atoms with Crippen molar-refractivity contribution in [3.05, 3.63) is 0 Å². The Morgan fingerprint density at radius 1 is 1.05 bits per heavy atom. The maximum absolute atomic E-state index is 9.89. The first-order valence-electron chi connectivity index (χ1n) is 8.63. The Morgan fingerprint density at radius 3 is 2.35 bits per heavy atom. The molecule has 0 saturated carbocycles. The molecule has 0 aromatic heterocycles. The number of nitrogens with zero attached hydrogens (tertiary/aromatic N) is 2. The van der Waals surface area contributed by atoms with Gasteiger partial charge in [0.05, 0.1) is 5.60 Å². The number of β-amino-alcohol motifs (C(OH)–C–C–N with tert-alkyl or cyclic N) is 1. The largest absolute Gasteiger partial charge is 0.389 e. The van der Waals surface area contributed by atoms with Crippen molar-refractivity contribution in [2.24, 2.45) is 5.92 Å². The molecule has 0 bridgehead atoms. The standard InChI is InChI=1S/C17H34N2O/c1-15-6-4-5-10-19(15)13-9-16-7-11-18(12-8-16)14-17(2,3)20/h15-16,20H,4-14H2,1-3H3. The van der Waals surface area contributed by atoms with E-state index in [-0.39, 0.29) is 0 Å². The summed E-state index contributed by atoms with van der Waals surface area (Å²) >= 11 is 0. The average molecular weight is 282 g/mol. The van der Waals surface area contributed by atoms with Crippen LogP contribution in [0.5, 0.6) is 0 Å². The lowest BCUT2D eigenvalue weighted by Gasteiger charge is -2.37. The normalized spacial score (nSPS) is 27.9. The van der Waals surface area contributed by atoms with E-state index >= 15 is 0 Å². The quantitative estimate of drug-likeness (QED) is 0.840. The molecule has 1 atom stereocenters. The zero-order valence-electron chi connectivity index (χ0n) is 13.8. The Kier molecular flexibility index (Phi) is 5.88. The van der Waals surface area contributed by atoms with Gasteiger partial charge >= 0.3 is 0 Å². The molecule has 1 unspecified atom stereocenters. The molecular formula is C17H34N2O. The number of likely N-dealkylation sites (tertiary alicyclic amines) is 2. The van der Waals surface area contributed by atoms with Crippen molar-refractivity contribution in [2.75, 3.05) is 32.7 Å². The fourth-order valence-corrected chi connectivity index (χ4v) is 3.82. The SMILES string of the molecule is CC1CCCCN1CCC1CCN(CC(C)(C)O)CC1. The lowest BCUT2D eigenvalue weighted by Crippen LogP contribution is -2.43. The molecule has 118 valence electrons. The van der Waals surface area contributed by atoms with Crippen LogP contribution in [0.25, 0.3) is 0 Å². The van der Waals surface area contributed by atoms with Gasteiger partial charge in [-0.3, -0.25) is 0 Å². The second-order valence-corrected chi connectivity index (χ2v) is 7.70.